The molecule has 0 aliphatic carbocycles. The molecule has 1 N–H and O–H groups in total. The van der Waals surface area contributed by atoms with E-state index in [1.54, 1.807) is 6.07 Å². The first-order chi connectivity index (χ1) is 14.9. The van der Waals surface area contributed by atoms with Gasteiger partial charge in [-0.1, -0.05) is 11.2 Å². The number of aryl methyl sites for hydroxylation is 1. The molecule has 3 aromatic rings. The van der Waals surface area contributed by atoms with E-state index in [4.69, 9.17) is 9.26 Å². The zero-order valence-corrected chi connectivity index (χ0v) is 16.6. The number of nitrogens with one attached hydrogen (secondary N) is 1. The van der Waals surface area contributed by atoms with Gasteiger partial charge in [-0.2, -0.15) is 13.8 Å². The maximum Gasteiger partial charge on any atom is 0.387 e. The van der Waals surface area contributed by atoms with Crippen molar-refractivity contribution in [3.05, 3.63) is 59.7 Å². The first-order valence-electron chi connectivity index (χ1n) is 9.41. The molecule has 1 heterocycles. The van der Waals surface area contributed by atoms with E-state index >= 15 is 0 Å². The van der Waals surface area contributed by atoms with Crippen LogP contribution in [0.4, 0.5) is 13.2 Å². The first-order valence-corrected chi connectivity index (χ1v) is 9.41. The number of methoxy groups -OCH3 is 1. The van der Waals surface area contributed by atoms with Crippen molar-refractivity contribution in [3.63, 3.8) is 0 Å². The molecule has 0 bridgehead atoms. The van der Waals surface area contributed by atoms with Crippen LogP contribution in [0.25, 0.3) is 11.4 Å². The predicted octanol–water partition coefficient (Wildman–Crippen LogP) is 3.78. The van der Waals surface area contributed by atoms with Gasteiger partial charge in [-0.05, 0) is 48.4 Å². The van der Waals surface area contributed by atoms with Gasteiger partial charge in [0.1, 0.15) is 5.82 Å². The van der Waals surface area contributed by atoms with Crippen molar-refractivity contribution >= 4 is 5.91 Å². The smallest absolute Gasteiger partial charge is 0.387 e. The van der Waals surface area contributed by atoms with Crippen molar-refractivity contribution in [2.45, 2.75) is 25.9 Å². The zero-order valence-electron chi connectivity index (χ0n) is 16.6. The highest BCUT2D eigenvalue weighted by molar-refractivity contribution is 5.76. The number of rotatable bonds is 10. The van der Waals surface area contributed by atoms with Crippen LogP contribution in [0.5, 0.6) is 11.5 Å². The quantitative estimate of drug-likeness (QED) is 0.522. The van der Waals surface area contributed by atoms with Gasteiger partial charge in [0.2, 0.25) is 17.6 Å². The molecule has 164 valence electrons. The van der Waals surface area contributed by atoms with Gasteiger partial charge in [-0.3, -0.25) is 4.79 Å². The van der Waals surface area contributed by atoms with E-state index in [0.29, 0.717) is 35.8 Å². The molecular weight excluding hydrogens is 415 g/mol. The van der Waals surface area contributed by atoms with E-state index in [2.05, 4.69) is 20.2 Å². The topological polar surface area (TPSA) is 86.5 Å². The van der Waals surface area contributed by atoms with Crippen LogP contribution >= 0.6 is 0 Å². The number of carbonyl (C=O) groups is 1. The van der Waals surface area contributed by atoms with Crippen molar-refractivity contribution in [2.24, 2.45) is 0 Å². The summed E-state index contributed by atoms with van der Waals surface area (Å²) in [6, 6.07) is 10.4. The molecule has 3 rings (SSSR count). The third kappa shape index (κ3) is 6.46. The molecule has 0 fully saturated rings. The molecule has 0 saturated carbocycles. The minimum Gasteiger partial charge on any atom is -0.493 e. The number of hydrogen-bond acceptors (Lipinski definition) is 6. The minimum atomic E-state index is -2.96. The molecule has 10 heteroatoms. The summed E-state index contributed by atoms with van der Waals surface area (Å²) < 4.78 is 52.5. The lowest BCUT2D eigenvalue weighted by Gasteiger charge is -2.11. The van der Waals surface area contributed by atoms with E-state index in [9.17, 15) is 18.0 Å². The summed E-state index contributed by atoms with van der Waals surface area (Å²) in [7, 11) is 1.36. The lowest BCUT2D eigenvalue weighted by molar-refractivity contribution is -0.121. The third-order valence-corrected chi connectivity index (χ3v) is 4.32. The number of aromatic nitrogens is 2. The van der Waals surface area contributed by atoms with Gasteiger partial charge in [-0.15, -0.1) is 0 Å². The summed E-state index contributed by atoms with van der Waals surface area (Å²) >= 11 is 0. The maximum atomic E-state index is 13.0. The van der Waals surface area contributed by atoms with Gasteiger partial charge in [0.05, 0.1) is 7.11 Å². The average Bonchev–Trinajstić information content (AvgIpc) is 3.22. The van der Waals surface area contributed by atoms with Gasteiger partial charge in [0, 0.05) is 24.9 Å². The second kappa shape index (κ2) is 10.5. The Morgan fingerprint density at radius 1 is 1.13 bits per heavy atom. The summed E-state index contributed by atoms with van der Waals surface area (Å²) in [5.74, 6) is 0.160. The molecule has 0 spiro atoms. The summed E-state index contributed by atoms with van der Waals surface area (Å²) in [6.45, 7) is -2.65. The van der Waals surface area contributed by atoms with Gasteiger partial charge in [0.25, 0.3) is 0 Å². The van der Waals surface area contributed by atoms with E-state index < -0.39 is 6.61 Å². The highest BCUT2D eigenvalue weighted by Gasteiger charge is 2.13. The molecule has 0 unspecified atom stereocenters. The molecule has 2 aromatic carbocycles. The normalized spacial score (nSPS) is 10.9. The second-order valence-corrected chi connectivity index (χ2v) is 6.48. The SMILES string of the molecule is COc1ccc(CCNC(=O)CCc2nc(-c3ccc(F)cc3)no2)cc1OC(F)F. The second-order valence-electron chi connectivity index (χ2n) is 6.48. The number of benzene rings is 2. The molecular formula is C21H20F3N3O4. The minimum absolute atomic E-state index is 0.0605. The Hall–Kier alpha value is -3.56. The van der Waals surface area contributed by atoms with Crippen molar-refractivity contribution in [2.75, 3.05) is 13.7 Å². The average molecular weight is 435 g/mol. The number of ether oxygens (including phenoxy) is 2. The number of amides is 1. The highest BCUT2D eigenvalue weighted by atomic mass is 19.3. The molecule has 0 saturated heterocycles. The Kier molecular flexibility index (Phi) is 7.47. The molecule has 0 aliphatic rings. The van der Waals surface area contributed by atoms with E-state index in [1.807, 2.05) is 0 Å². The lowest BCUT2D eigenvalue weighted by Crippen LogP contribution is -2.25. The van der Waals surface area contributed by atoms with Gasteiger partial charge >= 0.3 is 6.61 Å². The van der Waals surface area contributed by atoms with E-state index in [0.717, 1.165) is 0 Å². The molecule has 31 heavy (non-hydrogen) atoms. The number of nitrogens with zero attached hydrogens (tertiary/aromatic N) is 2. The molecule has 0 aliphatic heterocycles. The predicted molar refractivity (Wildman–Crippen MR) is 104 cm³/mol. The summed E-state index contributed by atoms with van der Waals surface area (Å²) in [4.78, 5) is 16.2. The Morgan fingerprint density at radius 3 is 2.61 bits per heavy atom. The fraction of sp³-hybridized carbons (Fsp3) is 0.286. The maximum absolute atomic E-state index is 13.0. The Bertz CT molecular complexity index is 1010. The highest BCUT2D eigenvalue weighted by Crippen LogP contribution is 2.29. The summed E-state index contributed by atoms with van der Waals surface area (Å²) in [6.07, 6.45) is 0.799. The Morgan fingerprint density at radius 2 is 1.90 bits per heavy atom. The monoisotopic (exact) mass is 435 g/mol. The zero-order chi connectivity index (χ0) is 22.2. The van der Waals surface area contributed by atoms with E-state index in [1.165, 1.54) is 43.5 Å². The van der Waals surface area contributed by atoms with Crippen LogP contribution in [0.3, 0.4) is 0 Å². The standard InChI is InChI=1S/C21H20F3N3O4/c1-29-16-7-2-13(12-17(16)30-21(23)24)10-11-25-18(28)8-9-19-26-20(27-31-19)14-3-5-15(22)6-4-14/h2-7,12,21H,8-11H2,1H3,(H,25,28). The molecule has 0 radical (unpaired) electrons. The Balaban J connectivity index is 1.45. The van der Waals surface area contributed by atoms with E-state index in [-0.39, 0.29) is 36.1 Å². The van der Waals surface area contributed by atoms with Crippen LogP contribution in [0.15, 0.2) is 47.0 Å². The van der Waals surface area contributed by atoms with Crippen molar-refractivity contribution < 1.29 is 32.0 Å². The first kappa shape index (κ1) is 22.1. The summed E-state index contributed by atoms with van der Waals surface area (Å²) in [5.41, 5.74) is 1.31. The van der Waals surface area contributed by atoms with Gasteiger partial charge < -0.3 is 19.3 Å². The van der Waals surface area contributed by atoms with Crippen molar-refractivity contribution in [3.8, 4) is 22.9 Å². The van der Waals surface area contributed by atoms with Crippen molar-refractivity contribution in [1.82, 2.24) is 15.5 Å². The van der Waals surface area contributed by atoms with Crippen LogP contribution in [0, 0.1) is 5.82 Å². The molecule has 1 aromatic heterocycles. The lowest BCUT2D eigenvalue weighted by atomic mass is 10.1. The third-order valence-electron chi connectivity index (χ3n) is 4.32. The number of carbonyl (C=O) groups excluding carboxylic acids is 1. The number of alkyl halides is 2. The molecule has 1 amide bonds. The van der Waals surface area contributed by atoms with Crippen LogP contribution in [-0.4, -0.2) is 36.3 Å². The molecule has 0 atom stereocenters. The fourth-order valence-electron chi connectivity index (χ4n) is 2.79. The largest absolute Gasteiger partial charge is 0.493 e. The van der Waals surface area contributed by atoms with Gasteiger partial charge in [0.15, 0.2) is 11.5 Å². The Labute approximate surface area is 176 Å². The van der Waals surface area contributed by atoms with Crippen molar-refractivity contribution in [1.29, 1.82) is 0 Å². The summed E-state index contributed by atoms with van der Waals surface area (Å²) in [5, 5.41) is 6.57. The molecule has 7 nitrogen and oxygen atoms in total. The van der Waals surface area contributed by atoms with Crippen LogP contribution in [0.1, 0.15) is 17.9 Å². The number of hydrogen-bond donors (Lipinski definition) is 1. The fourth-order valence-corrected chi connectivity index (χ4v) is 2.79. The van der Waals surface area contributed by atoms with Crippen LogP contribution in [0.2, 0.25) is 0 Å². The van der Waals surface area contributed by atoms with Crippen LogP contribution < -0.4 is 14.8 Å². The number of halogens is 3. The van der Waals surface area contributed by atoms with Gasteiger partial charge in [-0.25, -0.2) is 4.39 Å². The van der Waals surface area contributed by atoms with Crippen LogP contribution in [-0.2, 0) is 17.6 Å².